The average molecular weight is 242 g/mol. The maximum Gasteiger partial charge on any atom is 0.419 e. The van der Waals surface area contributed by atoms with E-state index in [1.807, 2.05) is 0 Å². The van der Waals surface area contributed by atoms with Gasteiger partial charge in [0.1, 0.15) is 0 Å². The van der Waals surface area contributed by atoms with Crippen molar-refractivity contribution in [3.63, 3.8) is 0 Å². The van der Waals surface area contributed by atoms with Crippen LogP contribution in [0.4, 0.5) is 5.69 Å². The Morgan fingerprint density at radius 1 is 1.38 bits per heavy atom. The maximum atomic E-state index is 11.2. The van der Waals surface area contributed by atoms with Gasteiger partial charge in [-0.3, -0.25) is 9.29 Å². The first-order chi connectivity index (χ1) is 7.37. The summed E-state index contributed by atoms with van der Waals surface area (Å²) in [6.45, 7) is 0. The number of sulfonamides is 1. The van der Waals surface area contributed by atoms with E-state index in [-0.39, 0.29) is 0 Å². The smallest absolute Gasteiger partial charge is 0.408 e. The maximum absolute atomic E-state index is 11.2. The number of fused-ring (bicyclic) bond motifs is 1. The Morgan fingerprint density at radius 2 is 2.06 bits per heavy atom. The van der Waals surface area contributed by atoms with Gasteiger partial charge in [0.05, 0.1) is 17.5 Å². The van der Waals surface area contributed by atoms with Crippen LogP contribution in [0.15, 0.2) is 27.4 Å². The Balaban J connectivity index is 2.57. The van der Waals surface area contributed by atoms with Gasteiger partial charge in [0, 0.05) is 13.1 Å². The largest absolute Gasteiger partial charge is 0.419 e. The van der Waals surface area contributed by atoms with Crippen LogP contribution >= 0.6 is 0 Å². The van der Waals surface area contributed by atoms with Crippen molar-refractivity contribution in [3.05, 3.63) is 28.7 Å². The molecule has 0 amide bonds. The summed E-state index contributed by atoms with van der Waals surface area (Å²) in [7, 11) is -1.74. The zero-order valence-electron chi connectivity index (χ0n) is 8.72. The fourth-order valence-electron chi connectivity index (χ4n) is 1.41. The third-order valence-corrected chi connectivity index (χ3v) is 2.70. The van der Waals surface area contributed by atoms with Crippen LogP contribution < -0.4 is 10.5 Å². The van der Waals surface area contributed by atoms with Crippen molar-refractivity contribution in [2.45, 2.75) is 0 Å². The molecule has 86 valence electrons. The zero-order valence-corrected chi connectivity index (χ0v) is 9.54. The highest BCUT2D eigenvalue weighted by molar-refractivity contribution is 7.92. The molecule has 1 N–H and O–H groups in total. The van der Waals surface area contributed by atoms with Gasteiger partial charge in [-0.25, -0.2) is 13.2 Å². The quantitative estimate of drug-likeness (QED) is 0.831. The topological polar surface area (TPSA) is 81.3 Å². The van der Waals surface area contributed by atoms with E-state index >= 15 is 0 Å². The monoisotopic (exact) mass is 242 g/mol. The van der Waals surface area contributed by atoms with Crippen LogP contribution in [-0.2, 0) is 17.1 Å². The molecule has 0 aliphatic heterocycles. The lowest BCUT2D eigenvalue weighted by Gasteiger charge is -2.02. The van der Waals surface area contributed by atoms with Crippen molar-refractivity contribution in [1.29, 1.82) is 0 Å². The molecule has 0 atom stereocenters. The van der Waals surface area contributed by atoms with Gasteiger partial charge in [0.15, 0.2) is 5.58 Å². The van der Waals surface area contributed by atoms with Crippen LogP contribution in [0.25, 0.3) is 11.1 Å². The average Bonchev–Trinajstić information content (AvgIpc) is 2.40. The standard InChI is InChI=1S/C9H10N2O4S/c1-11-7-4-3-6(10-16(2,13)14)5-8(7)15-9(11)12/h3-5,10H,1-2H3. The van der Waals surface area contributed by atoms with Crippen molar-refractivity contribution < 1.29 is 12.8 Å². The third-order valence-electron chi connectivity index (χ3n) is 2.10. The first kappa shape index (κ1) is 10.7. The first-order valence-electron chi connectivity index (χ1n) is 4.44. The second-order valence-corrected chi connectivity index (χ2v) is 5.23. The summed E-state index contributed by atoms with van der Waals surface area (Å²) in [5.41, 5.74) is 1.33. The molecule has 0 aliphatic rings. The molecule has 0 radical (unpaired) electrons. The van der Waals surface area contributed by atoms with Crippen molar-refractivity contribution in [3.8, 4) is 0 Å². The molecule has 1 aromatic heterocycles. The third kappa shape index (κ3) is 1.94. The number of rotatable bonds is 2. The predicted octanol–water partition coefficient (Wildman–Crippen LogP) is 0.503. The van der Waals surface area contributed by atoms with Gasteiger partial charge in [-0.15, -0.1) is 0 Å². The minimum Gasteiger partial charge on any atom is -0.408 e. The Labute approximate surface area is 91.5 Å². The van der Waals surface area contributed by atoms with E-state index in [0.29, 0.717) is 16.8 Å². The molecular weight excluding hydrogens is 232 g/mol. The molecule has 0 aliphatic carbocycles. The molecular formula is C9H10N2O4S. The van der Waals surface area contributed by atoms with Gasteiger partial charge >= 0.3 is 5.76 Å². The van der Waals surface area contributed by atoms with Gasteiger partial charge in [-0.2, -0.15) is 0 Å². The van der Waals surface area contributed by atoms with E-state index in [2.05, 4.69) is 4.72 Å². The lowest BCUT2D eigenvalue weighted by atomic mass is 10.3. The molecule has 1 aromatic carbocycles. The highest BCUT2D eigenvalue weighted by atomic mass is 32.2. The van der Waals surface area contributed by atoms with Gasteiger partial charge in [-0.1, -0.05) is 0 Å². The molecule has 1 heterocycles. The number of benzene rings is 1. The Morgan fingerprint density at radius 3 is 2.69 bits per heavy atom. The van der Waals surface area contributed by atoms with E-state index in [9.17, 15) is 13.2 Å². The van der Waals surface area contributed by atoms with Crippen LogP contribution in [-0.4, -0.2) is 19.2 Å². The molecule has 0 spiro atoms. The Bertz CT molecular complexity index is 696. The molecule has 2 aromatic rings. The Kier molecular flexibility index (Phi) is 2.27. The molecule has 0 bridgehead atoms. The lowest BCUT2D eigenvalue weighted by molar-refractivity contribution is 0.528. The number of nitrogens with zero attached hydrogens (tertiary/aromatic N) is 1. The van der Waals surface area contributed by atoms with Gasteiger partial charge < -0.3 is 4.42 Å². The van der Waals surface area contributed by atoms with E-state index in [1.54, 1.807) is 19.2 Å². The van der Waals surface area contributed by atoms with Crippen molar-refractivity contribution >= 4 is 26.8 Å². The van der Waals surface area contributed by atoms with Crippen molar-refractivity contribution in [2.24, 2.45) is 7.05 Å². The Hall–Kier alpha value is -1.76. The fourth-order valence-corrected chi connectivity index (χ4v) is 1.97. The SMILES string of the molecule is Cn1c(=O)oc2cc(NS(C)(=O)=O)ccc21. The van der Waals surface area contributed by atoms with Crippen LogP contribution in [0, 0.1) is 0 Å². The zero-order chi connectivity index (χ0) is 11.9. The van der Waals surface area contributed by atoms with Crippen LogP contribution in [0.1, 0.15) is 0 Å². The normalized spacial score (nSPS) is 11.9. The number of oxazole rings is 1. The van der Waals surface area contributed by atoms with E-state index < -0.39 is 15.8 Å². The molecule has 0 saturated carbocycles. The second kappa shape index (κ2) is 3.38. The molecule has 2 rings (SSSR count). The van der Waals surface area contributed by atoms with Crippen molar-refractivity contribution in [2.75, 3.05) is 11.0 Å². The highest BCUT2D eigenvalue weighted by Gasteiger charge is 2.08. The summed E-state index contributed by atoms with van der Waals surface area (Å²) in [6.07, 6.45) is 1.05. The fraction of sp³-hybridized carbons (Fsp3) is 0.222. The number of aryl methyl sites for hydroxylation is 1. The summed E-state index contributed by atoms with van der Waals surface area (Å²) < 4.78 is 30.6. The lowest BCUT2D eigenvalue weighted by Crippen LogP contribution is -2.09. The van der Waals surface area contributed by atoms with Gasteiger partial charge in [-0.05, 0) is 12.1 Å². The minimum absolute atomic E-state index is 0.348. The summed E-state index contributed by atoms with van der Waals surface area (Å²) in [4.78, 5) is 11.2. The summed E-state index contributed by atoms with van der Waals surface area (Å²) in [5.74, 6) is -0.480. The highest BCUT2D eigenvalue weighted by Crippen LogP contribution is 2.18. The van der Waals surface area contributed by atoms with Crippen LogP contribution in [0.5, 0.6) is 0 Å². The van der Waals surface area contributed by atoms with Crippen LogP contribution in [0.2, 0.25) is 0 Å². The molecule has 6 nitrogen and oxygen atoms in total. The second-order valence-electron chi connectivity index (χ2n) is 3.48. The predicted molar refractivity (Wildman–Crippen MR) is 59.9 cm³/mol. The molecule has 0 fully saturated rings. The number of aromatic nitrogens is 1. The minimum atomic E-state index is -3.33. The van der Waals surface area contributed by atoms with E-state index in [4.69, 9.17) is 4.42 Å². The molecule has 0 unspecified atom stereocenters. The molecule has 7 heteroatoms. The summed E-state index contributed by atoms with van der Waals surface area (Å²) >= 11 is 0. The van der Waals surface area contributed by atoms with E-state index in [1.165, 1.54) is 10.6 Å². The number of hydrogen-bond donors (Lipinski definition) is 1. The molecule has 16 heavy (non-hydrogen) atoms. The summed E-state index contributed by atoms with van der Waals surface area (Å²) in [6, 6.07) is 4.66. The first-order valence-corrected chi connectivity index (χ1v) is 6.33. The summed E-state index contributed by atoms with van der Waals surface area (Å²) in [5, 5.41) is 0. The molecule has 0 saturated heterocycles. The van der Waals surface area contributed by atoms with E-state index in [0.717, 1.165) is 6.26 Å². The number of hydrogen-bond acceptors (Lipinski definition) is 4. The van der Waals surface area contributed by atoms with Gasteiger partial charge in [0.2, 0.25) is 10.0 Å². The van der Waals surface area contributed by atoms with Gasteiger partial charge in [0.25, 0.3) is 0 Å². The number of nitrogens with one attached hydrogen (secondary N) is 1. The van der Waals surface area contributed by atoms with Crippen LogP contribution in [0.3, 0.4) is 0 Å². The van der Waals surface area contributed by atoms with Crippen molar-refractivity contribution in [1.82, 2.24) is 4.57 Å². The number of anilines is 1.